The summed E-state index contributed by atoms with van der Waals surface area (Å²) in [5.41, 5.74) is 5.40. The van der Waals surface area contributed by atoms with Crippen molar-refractivity contribution in [1.82, 2.24) is 15.5 Å². The zero-order valence-corrected chi connectivity index (χ0v) is 8.63. The van der Waals surface area contributed by atoms with Crippen molar-refractivity contribution in [3.63, 3.8) is 0 Å². The Morgan fingerprint density at radius 3 is 2.54 bits per heavy atom. The Balaban J connectivity index is 3.31. The van der Waals surface area contributed by atoms with E-state index in [1.807, 2.05) is 6.92 Å². The molecule has 0 aromatic heterocycles. The summed E-state index contributed by atoms with van der Waals surface area (Å²) >= 11 is 0. The van der Waals surface area contributed by atoms with Crippen molar-refractivity contribution in [3.05, 3.63) is 0 Å². The molecule has 0 fully saturated rings. The number of carbonyl (C=O) groups excluding carboxylic acids is 1. The third kappa shape index (κ3) is 6.36. The van der Waals surface area contributed by atoms with E-state index in [1.54, 1.807) is 14.1 Å². The SMILES string of the molecule is CC(CN)NCCNC(=O)N(C)C. The van der Waals surface area contributed by atoms with Gasteiger partial charge in [0.25, 0.3) is 0 Å². The fraction of sp³-hybridized carbons (Fsp3) is 0.875. The standard InChI is InChI=1S/C8H20N4O/c1-7(6-9)10-4-5-11-8(13)12(2)3/h7,10H,4-6,9H2,1-3H3,(H,11,13). The van der Waals surface area contributed by atoms with Crippen LogP contribution in [0.5, 0.6) is 0 Å². The molecule has 5 nitrogen and oxygen atoms in total. The lowest BCUT2D eigenvalue weighted by molar-refractivity contribution is 0.217. The number of hydrogen-bond acceptors (Lipinski definition) is 3. The van der Waals surface area contributed by atoms with Gasteiger partial charge in [-0.2, -0.15) is 0 Å². The summed E-state index contributed by atoms with van der Waals surface area (Å²) < 4.78 is 0. The summed E-state index contributed by atoms with van der Waals surface area (Å²) in [5.74, 6) is 0. The molecule has 0 aliphatic rings. The number of rotatable bonds is 5. The topological polar surface area (TPSA) is 70.4 Å². The molecule has 0 saturated heterocycles. The van der Waals surface area contributed by atoms with E-state index in [-0.39, 0.29) is 6.03 Å². The fourth-order valence-corrected chi connectivity index (χ4v) is 0.729. The van der Waals surface area contributed by atoms with Gasteiger partial charge in [0.2, 0.25) is 0 Å². The molecule has 0 aromatic rings. The first-order valence-corrected chi connectivity index (χ1v) is 4.46. The van der Waals surface area contributed by atoms with Crippen molar-refractivity contribution in [2.45, 2.75) is 13.0 Å². The van der Waals surface area contributed by atoms with Gasteiger partial charge in [0.05, 0.1) is 0 Å². The molecule has 13 heavy (non-hydrogen) atoms. The zero-order chi connectivity index (χ0) is 10.3. The van der Waals surface area contributed by atoms with Gasteiger partial charge in [0.15, 0.2) is 0 Å². The summed E-state index contributed by atoms with van der Waals surface area (Å²) in [6.45, 7) is 3.99. The highest BCUT2D eigenvalue weighted by Gasteiger charge is 2.01. The molecule has 0 aliphatic heterocycles. The van der Waals surface area contributed by atoms with E-state index in [2.05, 4.69) is 10.6 Å². The Morgan fingerprint density at radius 1 is 1.46 bits per heavy atom. The van der Waals surface area contributed by atoms with Gasteiger partial charge in [0, 0.05) is 39.8 Å². The van der Waals surface area contributed by atoms with Crippen LogP contribution in [0.2, 0.25) is 0 Å². The summed E-state index contributed by atoms with van der Waals surface area (Å²) in [5, 5.41) is 5.91. The molecular formula is C8H20N4O. The molecule has 4 N–H and O–H groups in total. The van der Waals surface area contributed by atoms with Crippen molar-refractivity contribution >= 4 is 6.03 Å². The minimum atomic E-state index is -0.0674. The highest BCUT2D eigenvalue weighted by atomic mass is 16.2. The van der Waals surface area contributed by atoms with Crippen molar-refractivity contribution in [2.75, 3.05) is 33.7 Å². The third-order valence-electron chi connectivity index (χ3n) is 1.65. The van der Waals surface area contributed by atoms with E-state index in [1.165, 1.54) is 4.90 Å². The number of amides is 2. The average molecular weight is 188 g/mol. The lowest BCUT2D eigenvalue weighted by atomic mass is 10.3. The number of carbonyl (C=O) groups is 1. The zero-order valence-electron chi connectivity index (χ0n) is 8.63. The maximum atomic E-state index is 11.0. The summed E-state index contributed by atoms with van der Waals surface area (Å²) in [6.07, 6.45) is 0. The predicted octanol–water partition coefficient (Wildman–Crippen LogP) is -0.806. The molecule has 5 heteroatoms. The molecular weight excluding hydrogens is 168 g/mol. The van der Waals surface area contributed by atoms with Crippen molar-refractivity contribution in [1.29, 1.82) is 0 Å². The first kappa shape index (κ1) is 12.2. The van der Waals surface area contributed by atoms with Gasteiger partial charge in [-0.15, -0.1) is 0 Å². The molecule has 0 aliphatic carbocycles. The molecule has 0 spiro atoms. The molecule has 0 rings (SSSR count). The number of urea groups is 1. The van der Waals surface area contributed by atoms with Crippen molar-refractivity contribution in [2.24, 2.45) is 5.73 Å². The molecule has 1 unspecified atom stereocenters. The number of nitrogens with zero attached hydrogens (tertiary/aromatic N) is 1. The summed E-state index contributed by atoms with van der Waals surface area (Å²) in [7, 11) is 3.43. The second kappa shape index (κ2) is 6.68. The van der Waals surface area contributed by atoms with Gasteiger partial charge in [-0.1, -0.05) is 0 Å². The van der Waals surface area contributed by atoms with Gasteiger partial charge in [0.1, 0.15) is 0 Å². The molecule has 0 saturated carbocycles. The average Bonchev–Trinajstić information content (AvgIpc) is 2.11. The molecule has 0 bridgehead atoms. The van der Waals surface area contributed by atoms with Crippen LogP contribution >= 0.6 is 0 Å². The minimum absolute atomic E-state index is 0.0674. The quantitative estimate of drug-likeness (QED) is 0.494. The molecule has 0 radical (unpaired) electrons. The van der Waals surface area contributed by atoms with E-state index in [4.69, 9.17) is 5.73 Å². The van der Waals surface area contributed by atoms with Crippen LogP contribution in [0.15, 0.2) is 0 Å². The number of nitrogens with two attached hydrogens (primary N) is 1. The fourth-order valence-electron chi connectivity index (χ4n) is 0.729. The van der Waals surface area contributed by atoms with Crippen LogP contribution in [0.4, 0.5) is 4.79 Å². The maximum absolute atomic E-state index is 11.0. The Kier molecular flexibility index (Phi) is 6.26. The monoisotopic (exact) mass is 188 g/mol. The Labute approximate surface area is 79.7 Å². The largest absolute Gasteiger partial charge is 0.337 e. The summed E-state index contributed by atoms with van der Waals surface area (Å²) in [4.78, 5) is 12.5. The second-order valence-corrected chi connectivity index (χ2v) is 3.22. The molecule has 2 amide bonds. The van der Waals surface area contributed by atoms with Gasteiger partial charge < -0.3 is 21.3 Å². The van der Waals surface area contributed by atoms with Crippen molar-refractivity contribution < 1.29 is 4.79 Å². The highest BCUT2D eigenvalue weighted by Crippen LogP contribution is 1.76. The molecule has 0 heterocycles. The maximum Gasteiger partial charge on any atom is 0.316 e. The summed E-state index contributed by atoms with van der Waals surface area (Å²) in [6, 6.07) is 0.235. The van der Waals surface area contributed by atoms with Crippen LogP contribution < -0.4 is 16.4 Å². The third-order valence-corrected chi connectivity index (χ3v) is 1.65. The lowest BCUT2D eigenvalue weighted by Crippen LogP contribution is -2.41. The van der Waals surface area contributed by atoms with E-state index in [0.717, 1.165) is 6.54 Å². The molecule has 1 atom stereocenters. The van der Waals surface area contributed by atoms with Crippen LogP contribution in [-0.2, 0) is 0 Å². The van der Waals surface area contributed by atoms with Crippen LogP contribution in [0, 0.1) is 0 Å². The van der Waals surface area contributed by atoms with Gasteiger partial charge >= 0.3 is 6.03 Å². The van der Waals surface area contributed by atoms with Crippen molar-refractivity contribution in [3.8, 4) is 0 Å². The normalized spacial score (nSPS) is 12.3. The van der Waals surface area contributed by atoms with Crippen LogP contribution in [0.1, 0.15) is 6.92 Å². The predicted molar refractivity (Wildman–Crippen MR) is 53.6 cm³/mol. The first-order valence-electron chi connectivity index (χ1n) is 4.46. The smallest absolute Gasteiger partial charge is 0.316 e. The Bertz CT molecular complexity index is 149. The van der Waals surface area contributed by atoms with E-state index in [0.29, 0.717) is 19.1 Å². The van der Waals surface area contributed by atoms with Crippen LogP contribution in [0.25, 0.3) is 0 Å². The minimum Gasteiger partial charge on any atom is -0.337 e. The van der Waals surface area contributed by atoms with E-state index >= 15 is 0 Å². The van der Waals surface area contributed by atoms with Crippen LogP contribution in [0.3, 0.4) is 0 Å². The number of hydrogen-bond donors (Lipinski definition) is 3. The Hall–Kier alpha value is -0.810. The van der Waals surface area contributed by atoms with Gasteiger partial charge in [-0.3, -0.25) is 0 Å². The lowest BCUT2D eigenvalue weighted by Gasteiger charge is -2.14. The highest BCUT2D eigenvalue weighted by molar-refractivity contribution is 5.73. The second-order valence-electron chi connectivity index (χ2n) is 3.22. The van der Waals surface area contributed by atoms with Gasteiger partial charge in [-0.05, 0) is 6.92 Å². The van der Waals surface area contributed by atoms with E-state index < -0.39 is 0 Å². The van der Waals surface area contributed by atoms with E-state index in [9.17, 15) is 4.79 Å². The molecule has 0 aromatic carbocycles. The van der Waals surface area contributed by atoms with Crippen LogP contribution in [-0.4, -0.2) is 50.7 Å². The Morgan fingerprint density at radius 2 is 2.08 bits per heavy atom. The number of nitrogens with one attached hydrogen (secondary N) is 2. The molecule has 78 valence electrons. The van der Waals surface area contributed by atoms with Gasteiger partial charge in [-0.25, -0.2) is 4.79 Å². The first-order chi connectivity index (χ1) is 6.07.